The van der Waals surface area contributed by atoms with E-state index in [1.54, 1.807) is 70.4 Å². The van der Waals surface area contributed by atoms with Crippen LogP contribution in [0.2, 0.25) is 0 Å². The molecule has 0 N–H and O–H groups in total. The first-order valence-corrected chi connectivity index (χ1v) is 10.0. The van der Waals surface area contributed by atoms with Crippen LogP contribution in [0.1, 0.15) is 26.3 Å². The molecule has 0 bridgehead atoms. The number of carbonyl (C=O) groups is 2. The highest BCUT2D eigenvalue weighted by molar-refractivity contribution is 6.07. The lowest BCUT2D eigenvalue weighted by Gasteiger charge is -2.28. The van der Waals surface area contributed by atoms with Gasteiger partial charge in [0, 0.05) is 11.5 Å². The minimum Gasteiger partial charge on any atom is -0.481 e. The van der Waals surface area contributed by atoms with Crippen molar-refractivity contribution in [2.45, 2.75) is 26.4 Å². The summed E-state index contributed by atoms with van der Waals surface area (Å²) in [5, 5.41) is 0.854. The predicted octanol–water partition coefficient (Wildman–Crippen LogP) is 5.20. The zero-order valence-electron chi connectivity index (χ0n) is 18.8. The molecule has 1 aromatic heterocycles. The van der Waals surface area contributed by atoms with Crippen molar-refractivity contribution in [2.75, 3.05) is 19.1 Å². The van der Waals surface area contributed by atoms with Gasteiger partial charge in [0.15, 0.2) is 0 Å². The second-order valence-corrected chi connectivity index (χ2v) is 7.98. The molecule has 3 aromatic rings. The summed E-state index contributed by atoms with van der Waals surface area (Å²) in [5.41, 5.74) is 1.18. The number of carbonyl (C=O) groups excluding carboxylic acids is 2. The highest BCUT2D eigenvalue weighted by Crippen LogP contribution is 2.26. The second-order valence-electron chi connectivity index (χ2n) is 7.98. The minimum atomic E-state index is -0.751. The van der Waals surface area contributed by atoms with E-state index in [1.807, 2.05) is 24.3 Å². The van der Waals surface area contributed by atoms with E-state index in [1.165, 1.54) is 12.0 Å². The largest absolute Gasteiger partial charge is 0.481 e. The average Bonchev–Trinajstić information content (AvgIpc) is 2.77. The number of anilines is 1. The molecular weight excluding hydrogens is 408 g/mol. The number of ether oxygens (including phenoxy) is 3. The third-order valence-electron chi connectivity index (χ3n) is 4.43. The third kappa shape index (κ3) is 5.43. The molecule has 1 heterocycles. The first kappa shape index (κ1) is 22.8. The standard InChI is InChI=1S/C25H26N2O5/c1-25(2,3)32-24(29)27(19-9-7-6-8-10-19)21(23(28)31-5)16-17-11-13-20-18(15-17)12-14-22(26-20)30-4/h6-16H,1-5H3. The van der Waals surface area contributed by atoms with Crippen molar-refractivity contribution in [1.82, 2.24) is 4.98 Å². The van der Waals surface area contributed by atoms with E-state index in [4.69, 9.17) is 14.2 Å². The summed E-state index contributed by atoms with van der Waals surface area (Å²) in [6.07, 6.45) is 0.902. The van der Waals surface area contributed by atoms with Gasteiger partial charge in [-0.2, -0.15) is 0 Å². The zero-order valence-corrected chi connectivity index (χ0v) is 18.8. The van der Waals surface area contributed by atoms with Crippen molar-refractivity contribution in [3.05, 3.63) is 71.9 Å². The first-order chi connectivity index (χ1) is 15.2. The monoisotopic (exact) mass is 434 g/mol. The van der Waals surface area contributed by atoms with E-state index in [2.05, 4.69) is 4.98 Å². The lowest BCUT2D eigenvalue weighted by atomic mass is 10.1. The molecule has 1 amide bonds. The van der Waals surface area contributed by atoms with Gasteiger partial charge in [0.25, 0.3) is 0 Å². The molecule has 0 spiro atoms. The first-order valence-electron chi connectivity index (χ1n) is 10.0. The highest BCUT2D eigenvalue weighted by atomic mass is 16.6. The van der Waals surface area contributed by atoms with E-state index in [0.717, 1.165) is 10.9 Å². The molecule has 166 valence electrons. The third-order valence-corrected chi connectivity index (χ3v) is 4.43. The van der Waals surface area contributed by atoms with Gasteiger partial charge in [-0.05, 0) is 62.7 Å². The summed E-state index contributed by atoms with van der Waals surface area (Å²) in [6, 6.07) is 17.9. The fourth-order valence-corrected chi connectivity index (χ4v) is 3.03. The van der Waals surface area contributed by atoms with E-state index in [-0.39, 0.29) is 5.70 Å². The van der Waals surface area contributed by atoms with Crippen molar-refractivity contribution in [3.8, 4) is 5.88 Å². The predicted molar refractivity (Wildman–Crippen MR) is 123 cm³/mol. The van der Waals surface area contributed by atoms with Gasteiger partial charge >= 0.3 is 12.1 Å². The summed E-state index contributed by atoms with van der Waals surface area (Å²) in [5.74, 6) is -0.163. The Morgan fingerprint density at radius 1 is 0.969 bits per heavy atom. The fourth-order valence-electron chi connectivity index (χ4n) is 3.03. The summed E-state index contributed by atoms with van der Waals surface area (Å²) in [6.45, 7) is 5.29. The van der Waals surface area contributed by atoms with Crippen LogP contribution in [0.15, 0.2) is 66.4 Å². The van der Waals surface area contributed by atoms with Crippen LogP contribution in [0.25, 0.3) is 17.0 Å². The van der Waals surface area contributed by atoms with E-state index >= 15 is 0 Å². The molecular formula is C25H26N2O5. The van der Waals surface area contributed by atoms with Gasteiger partial charge in [-0.1, -0.05) is 24.3 Å². The van der Waals surface area contributed by atoms with Crippen molar-refractivity contribution in [3.63, 3.8) is 0 Å². The Kier molecular flexibility index (Phi) is 6.78. The summed E-state index contributed by atoms with van der Waals surface area (Å²) < 4.78 is 15.7. The van der Waals surface area contributed by atoms with Crippen LogP contribution in [0.4, 0.5) is 10.5 Å². The second kappa shape index (κ2) is 9.51. The van der Waals surface area contributed by atoms with Crippen molar-refractivity contribution in [2.24, 2.45) is 0 Å². The number of nitrogens with zero attached hydrogens (tertiary/aromatic N) is 2. The van der Waals surface area contributed by atoms with Crippen LogP contribution >= 0.6 is 0 Å². The number of pyridine rings is 1. The van der Waals surface area contributed by atoms with Crippen LogP contribution < -0.4 is 9.64 Å². The smallest absolute Gasteiger partial charge is 0.419 e. The Bertz CT molecular complexity index is 1150. The van der Waals surface area contributed by atoms with Crippen molar-refractivity contribution in [1.29, 1.82) is 0 Å². The molecule has 0 saturated heterocycles. The number of hydrogen-bond donors (Lipinski definition) is 0. The minimum absolute atomic E-state index is 0.0220. The molecule has 0 aliphatic rings. The van der Waals surface area contributed by atoms with Crippen LogP contribution in [-0.2, 0) is 14.3 Å². The lowest BCUT2D eigenvalue weighted by molar-refractivity contribution is -0.136. The van der Waals surface area contributed by atoms with Gasteiger partial charge in [0.1, 0.15) is 11.3 Å². The Morgan fingerprint density at radius 3 is 2.31 bits per heavy atom. The molecule has 3 rings (SSSR count). The Balaban J connectivity index is 2.12. The number of rotatable bonds is 5. The molecule has 2 aromatic carbocycles. The molecule has 7 nitrogen and oxygen atoms in total. The molecule has 32 heavy (non-hydrogen) atoms. The quantitative estimate of drug-likeness (QED) is 0.406. The van der Waals surface area contributed by atoms with Gasteiger partial charge in [0.2, 0.25) is 5.88 Å². The van der Waals surface area contributed by atoms with Gasteiger partial charge in [0.05, 0.1) is 25.4 Å². The van der Waals surface area contributed by atoms with E-state index in [0.29, 0.717) is 17.1 Å². The SMILES string of the molecule is COC(=O)C(=Cc1ccc2nc(OC)ccc2c1)N(C(=O)OC(C)(C)C)c1ccccc1. The van der Waals surface area contributed by atoms with Gasteiger partial charge in [-0.3, -0.25) is 0 Å². The Hall–Kier alpha value is -3.87. The number of esters is 1. The topological polar surface area (TPSA) is 78.0 Å². The molecule has 0 radical (unpaired) electrons. The van der Waals surface area contributed by atoms with Crippen LogP contribution in [-0.4, -0.2) is 36.9 Å². The summed E-state index contributed by atoms with van der Waals surface area (Å²) in [7, 11) is 2.83. The number of methoxy groups -OCH3 is 2. The summed E-state index contributed by atoms with van der Waals surface area (Å²) >= 11 is 0. The molecule has 0 atom stereocenters. The number of benzene rings is 2. The number of aromatic nitrogens is 1. The maximum atomic E-state index is 13.1. The molecule has 0 aliphatic heterocycles. The number of fused-ring (bicyclic) bond motifs is 1. The number of hydrogen-bond acceptors (Lipinski definition) is 6. The number of amides is 1. The van der Waals surface area contributed by atoms with Crippen molar-refractivity contribution >= 4 is 34.7 Å². The van der Waals surface area contributed by atoms with Crippen LogP contribution in [0.5, 0.6) is 5.88 Å². The maximum Gasteiger partial charge on any atom is 0.419 e. The maximum absolute atomic E-state index is 13.1. The normalized spacial score (nSPS) is 11.7. The zero-order chi connectivity index (χ0) is 23.3. The number of para-hydroxylation sites is 1. The molecule has 0 aliphatic carbocycles. The van der Waals surface area contributed by atoms with Crippen LogP contribution in [0, 0.1) is 0 Å². The average molecular weight is 434 g/mol. The molecule has 0 saturated carbocycles. The lowest BCUT2D eigenvalue weighted by Crippen LogP contribution is -2.38. The van der Waals surface area contributed by atoms with E-state index in [9.17, 15) is 9.59 Å². The van der Waals surface area contributed by atoms with Crippen LogP contribution in [0.3, 0.4) is 0 Å². The summed E-state index contributed by atoms with van der Waals surface area (Å²) in [4.78, 5) is 31.5. The van der Waals surface area contributed by atoms with Gasteiger partial charge in [-0.15, -0.1) is 0 Å². The van der Waals surface area contributed by atoms with Crippen molar-refractivity contribution < 1.29 is 23.8 Å². The highest BCUT2D eigenvalue weighted by Gasteiger charge is 2.30. The Labute approximate surface area is 187 Å². The molecule has 7 heteroatoms. The van der Waals surface area contributed by atoms with Gasteiger partial charge < -0.3 is 14.2 Å². The van der Waals surface area contributed by atoms with Gasteiger partial charge in [-0.25, -0.2) is 19.5 Å². The molecule has 0 fully saturated rings. The fraction of sp³-hybridized carbons (Fsp3) is 0.240. The van der Waals surface area contributed by atoms with E-state index < -0.39 is 17.7 Å². The molecule has 0 unspecified atom stereocenters. The Morgan fingerprint density at radius 2 is 1.69 bits per heavy atom.